The van der Waals surface area contributed by atoms with E-state index in [1.807, 2.05) is 72.6 Å². The second-order valence-electron chi connectivity index (χ2n) is 11.0. The normalized spacial score (nSPS) is 25.1. The van der Waals surface area contributed by atoms with E-state index in [1.54, 1.807) is 7.11 Å². The zero-order valence-corrected chi connectivity index (χ0v) is 23.1. The molecule has 3 aromatic carbocycles. The van der Waals surface area contributed by atoms with Crippen molar-refractivity contribution in [1.29, 1.82) is 0 Å². The highest BCUT2D eigenvalue weighted by molar-refractivity contribution is 5.98. The number of ether oxygens (including phenoxy) is 2. The van der Waals surface area contributed by atoms with Gasteiger partial charge in [-0.1, -0.05) is 48.5 Å². The third-order valence-corrected chi connectivity index (χ3v) is 8.82. The minimum Gasteiger partial charge on any atom is -0.427 e. The fourth-order valence-electron chi connectivity index (χ4n) is 6.86. The molecular weight excluding hydrogens is 488 g/mol. The highest BCUT2D eigenvalue weighted by Crippen LogP contribution is 2.51. The van der Waals surface area contributed by atoms with Crippen LogP contribution in [0, 0.1) is 5.92 Å². The number of amides is 1. The van der Waals surface area contributed by atoms with Gasteiger partial charge in [0.1, 0.15) is 5.75 Å². The molecule has 6 nitrogen and oxygen atoms in total. The first-order valence-corrected chi connectivity index (χ1v) is 13.8. The molecule has 0 radical (unpaired) electrons. The molecule has 1 aliphatic carbocycles. The third kappa shape index (κ3) is 5.36. The zero-order valence-electron chi connectivity index (χ0n) is 23.1. The maximum absolute atomic E-state index is 13.8. The predicted octanol–water partition coefficient (Wildman–Crippen LogP) is 5.46. The number of piperidine rings is 1. The number of benzene rings is 3. The molecule has 1 saturated carbocycles. The molecule has 1 heterocycles. The number of carbonyl (C=O) groups excluding carboxylic acids is 2. The molecule has 39 heavy (non-hydrogen) atoms. The number of rotatable bonds is 7. The van der Waals surface area contributed by atoms with Crippen molar-refractivity contribution >= 4 is 22.6 Å². The molecule has 1 saturated heterocycles. The Morgan fingerprint density at radius 2 is 1.90 bits per heavy atom. The Balaban J connectivity index is 1.50. The van der Waals surface area contributed by atoms with Crippen LogP contribution in [0.25, 0.3) is 10.8 Å². The van der Waals surface area contributed by atoms with E-state index in [4.69, 9.17) is 9.47 Å². The lowest BCUT2D eigenvalue weighted by atomic mass is 9.56. The molecule has 2 fully saturated rings. The second-order valence-corrected chi connectivity index (χ2v) is 11.0. The lowest BCUT2D eigenvalue weighted by molar-refractivity contribution is -0.131. The summed E-state index contributed by atoms with van der Waals surface area (Å²) in [7, 11) is 3.70. The maximum Gasteiger partial charge on any atom is 0.308 e. The highest BCUT2D eigenvalue weighted by Gasteiger charge is 2.53. The largest absolute Gasteiger partial charge is 0.427 e. The lowest BCUT2D eigenvalue weighted by Crippen LogP contribution is -2.61. The van der Waals surface area contributed by atoms with Crippen LogP contribution >= 0.6 is 0 Å². The summed E-state index contributed by atoms with van der Waals surface area (Å²) in [5, 5.41) is 2.18. The van der Waals surface area contributed by atoms with Crippen LogP contribution in [0.2, 0.25) is 0 Å². The van der Waals surface area contributed by atoms with Gasteiger partial charge in [-0.3, -0.25) is 14.5 Å². The molecule has 2 aliphatic rings. The Labute approximate surface area is 231 Å². The van der Waals surface area contributed by atoms with E-state index in [1.165, 1.54) is 6.92 Å². The molecule has 204 valence electrons. The fourth-order valence-corrected chi connectivity index (χ4v) is 6.86. The van der Waals surface area contributed by atoms with E-state index in [2.05, 4.69) is 23.6 Å². The van der Waals surface area contributed by atoms with Gasteiger partial charge in [-0.05, 0) is 66.4 Å². The van der Waals surface area contributed by atoms with Gasteiger partial charge in [0.05, 0.1) is 6.10 Å². The summed E-state index contributed by atoms with van der Waals surface area (Å²) in [6.07, 6.45) is 4.44. The van der Waals surface area contributed by atoms with Crippen LogP contribution in [-0.2, 0) is 14.9 Å². The van der Waals surface area contributed by atoms with Gasteiger partial charge >= 0.3 is 5.97 Å². The standard InChI is InChI=1S/C33H38N2O4/c1-5-16-35-17-15-33(27-11-8-12-29(19-27)39-23(2)36)21-28(20-31(38-4)30(33)22-35)34(3)32(37)26-14-13-24-9-6-7-10-25(24)18-26/h5-14,18-19,28,30-31H,1,15-17,20-22H2,2-4H3/t28-,30-,31?,33-/m0/s1. The molecule has 1 amide bonds. The van der Waals surface area contributed by atoms with Crippen LogP contribution in [-0.4, -0.2) is 67.6 Å². The minimum atomic E-state index is -0.334. The number of carbonyl (C=O) groups is 2. The Kier molecular flexibility index (Phi) is 7.87. The summed E-state index contributed by atoms with van der Waals surface area (Å²) in [5.41, 5.74) is 1.61. The minimum absolute atomic E-state index is 0.00601. The SMILES string of the molecule is C=CCN1CC[C@@]2(c3cccc(OC(C)=O)c3)C[C@@H](N(C)C(=O)c3ccc4ccccc4c3)CC(OC)[C@@H]2C1. The second kappa shape index (κ2) is 11.3. The Bertz CT molecular complexity index is 1370. The van der Waals surface area contributed by atoms with Crippen molar-refractivity contribution in [2.24, 2.45) is 5.92 Å². The number of hydrogen-bond acceptors (Lipinski definition) is 5. The van der Waals surface area contributed by atoms with Crippen molar-refractivity contribution in [3.8, 4) is 5.75 Å². The van der Waals surface area contributed by atoms with Gasteiger partial charge < -0.3 is 14.4 Å². The van der Waals surface area contributed by atoms with Gasteiger partial charge in [-0.2, -0.15) is 0 Å². The Morgan fingerprint density at radius 3 is 2.64 bits per heavy atom. The van der Waals surface area contributed by atoms with E-state index < -0.39 is 0 Å². The lowest BCUT2D eigenvalue weighted by Gasteiger charge is -2.56. The molecule has 4 atom stereocenters. The molecule has 5 rings (SSSR count). The number of esters is 1. The summed E-state index contributed by atoms with van der Waals surface area (Å²) < 4.78 is 11.7. The van der Waals surface area contributed by atoms with Crippen molar-refractivity contribution in [2.45, 2.75) is 43.7 Å². The number of methoxy groups -OCH3 is 1. The topological polar surface area (TPSA) is 59.1 Å². The Hall–Kier alpha value is -3.48. The van der Waals surface area contributed by atoms with E-state index in [9.17, 15) is 9.59 Å². The van der Waals surface area contributed by atoms with Crippen LogP contribution in [0.15, 0.2) is 79.4 Å². The number of likely N-dealkylation sites (tertiary alicyclic amines) is 1. The van der Waals surface area contributed by atoms with Crippen LogP contribution < -0.4 is 4.74 Å². The average Bonchev–Trinajstić information content (AvgIpc) is 2.95. The number of nitrogens with zero attached hydrogens (tertiary/aromatic N) is 2. The van der Waals surface area contributed by atoms with Gasteiger partial charge in [0.2, 0.25) is 0 Å². The fraction of sp³-hybridized carbons (Fsp3) is 0.394. The number of fused-ring (bicyclic) bond motifs is 2. The van der Waals surface area contributed by atoms with Crippen molar-refractivity contribution in [3.05, 3.63) is 90.5 Å². The summed E-state index contributed by atoms with van der Waals surface area (Å²) >= 11 is 0. The summed E-state index contributed by atoms with van der Waals surface area (Å²) in [4.78, 5) is 29.9. The molecule has 1 aliphatic heterocycles. The molecule has 0 spiro atoms. The van der Waals surface area contributed by atoms with E-state index in [-0.39, 0.29) is 35.4 Å². The van der Waals surface area contributed by atoms with Gasteiger partial charge in [0, 0.05) is 57.1 Å². The first-order chi connectivity index (χ1) is 18.8. The van der Waals surface area contributed by atoms with Crippen LogP contribution in [0.1, 0.15) is 42.1 Å². The summed E-state index contributed by atoms with van der Waals surface area (Å²) in [5.74, 6) is 0.466. The van der Waals surface area contributed by atoms with E-state index in [0.29, 0.717) is 11.3 Å². The number of hydrogen-bond donors (Lipinski definition) is 0. The predicted molar refractivity (Wildman–Crippen MR) is 154 cm³/mol. The summed E-state index contributed by atoms with van der Waals surface area (Å²) in [6.45, 7) is 8.01. The summed E-state index contributed by atoms with van der Waals surface area (Å²) in [6, 6.07) is 22.0. The quantitative estimate of drug-likeness (QED) is 0.232. The molecule has 0 bridgehead atoms. The first-order valence-electron chi connectivity index (χ1n) is 13.8. The third-order valence-electron chi connectivity index (χ3n) is 8.82. The molecule has 6 heteroatoms. The van der Waals surface area contributed by atoms with Crippen molar-refractivity contribution < 1.29 is 19.1 Å². The van der Waals surface area contributed by atoms with Crippen molar-refractivity contribution in [2.75, 3.05) is 33.8 Å². The van der Waals surface area contributed by atoms with Gasteiger partial charge in [-0.25, -0.2) is 0 Å². The average molecular weight is 527 g/mol. The van der Waals surface area contributed by atoms with Gasteiger partial charge in [0.15, 0.2) is 0 Å². The highest BCUT2D eigenvalue weighted by atomic mass is 16.5. The van der Waals surface area contributed by atoms with Crippen LogP contribution in [0.5, 0.6) is 5.75 Å². The molecular formula is C33H38N2O4. The molecule has 0 N–H and O–H groups in total. The maximum atomic E-state index is 13.8. The van der Waals surface area contributed by atoms with Crippen molar-refractivity contribution in [3.63, 3.8) is 0 Å². The Morgan fingerprint density at radius 1 is 1.10 bits per heavy atom. The zero-order chi connectivity index (χ0) is 27.6. The van der Waals surface area contributed by atoms with E-state index >= 15 is 0 Å². The first kappa shape index (κ1) is 27.1. The molecule has 3 aromatic rings. The van der Waals surface area contributed by atoms with E-state index in [0.717, 1.165) is 55.2 Å². The van der Waals surface area contributed by atoms with Gasteiger partial charge in [-0.15, -0.1) is 6.58 Å². The van der Waals surface area contributed by atoms with Crippen LogP contribution in [0.3, 0.4) is 0 Å². The van der Waals surface area contributed by atoms with Crippen molar-refractivity contribution in [1.82, 2.24) is 9.80 Å². The molecule has 1 unspecified atom stereocenters. The monoisotopic (exact) mass is 526 g/mol. The smallest absolute Gasteiger partial charge is 0.308 e. The van der Waals surface area contributed by atoms with Crippen LogP contribution in [0.4, 0.5) is 0 Å². The van der Waals surface area contributed by atoms with Gasteiger partial charge in [0.25, 0.3) is 5.91 Å². The molecule has 0 aromatic heterocycles.